The molecule has 2 aliphatic rings. The van der Waals surface area contributed by atoms with Crippen LogP contribution in [-0.2, 0) is 9.59 Å². The van der Waals surface area contributed by atoms with E-state index in [2.05, 4.69) is 4.98 Å². The summed E-state index contributed by atoms with van der Waals surface area (Å²) in [7, 11) is 0. The fourth-order valence-electron chi connectivity index (χ4n) is 3.71. The maximum atomic E-state index is 14.6. The molecule has 0 N–H and O–H groups in total. The lowest BCUT2D eigenvalue weighted by Crippen LogP contribution is -2.38. The lowest BCUT2D eigenvalue weighted by atomic mass is 9.97. The van der Waals surface area contributed by atoms with Gasteiger partial charge in [-0.05, 0) is 48.9 Å². The number of amides is 2. The van der Waals surface area contributed by atoms with Crippen molar-refractivity contribution in [3.05, 3.63) is 82.6 Å². The maximum Gasteiger partial charge on any atom is 0.294 e. The Labute approximate surface area is 182 Å². The summed E-state index contributed by atoms with van der Waals surface area (Å²) in [4.78, 5) is 44.5. The van der Waals surface area contributed by atoms with Crippen molar-refractivity contribution in [2.24, 2.45) is 5.92 Å². The summed E-state index contributed by atoms with van der Waals surface area (Å²) in [5.74, 6) is -1.75. The van der Waals surface area contributed by atoms with Gasteiger partial charge in [0.25, 0.3) is 11.1 Å². The summed E-state index contributed by atoms with van der Waals surface area (Å²) in [6, 6.07) is 15.8. The van der Waals surface area contributed by atoms with Crippen LogP contribution in [0, 0.1) is 11.7 Å². The normalized spacial score (nSPS) is 18.7. The number of benzene rings is 2. The van der Waals surface area contributed by atoms with Crippen LogP contribution in [0.2, 0.25) is 0 Å². The summed E-state index contributed by atoms with van der Waals surface area (Å²) in [6.07, 6.45) is 2.92. The number of hydrogen-bond donors (Lipinski definition) is 0. The molecular formula is C24H17FN2O3S. The Morgan fingerprint density at radius 2 is 1.81 bits per heavy atom. The molecule has 2 heterocycles. The third-order valence-corrected chi connectivity index (χ3v) is 6.31. The maximum absolute atomic E-state index is 14.6. The summed E-state index contributed by atoms with van der Waals surface area (Å²) in [5, 5.41) is 0.377. The molecule has 7 heteroatoms. The van der Waals surface area contributed by atoms with Crippen LogP contribution < -0.4 is 0 Å². The van der Waals surface area contributed by atoms with Gasteiger partial charge in [0.2, 0.25) is 0 Å². The van der Waals surface area contributed by atoms with E-state index in [1.54, 1.807) is 12.1 Å². The zero-order valence-electron chi connectivity index (χ0n) is 16.3. The van der Waals surface area contributed by atoms with Gasteiger partial charge in [-0.2, -0.15) is 0 Å². The molecule has 1 aliphatic carbocycles. The summed E-state index contributed by atoms with van der Waals surface area (Å²) < 4.78 is 14.6. The van der Waals surface area contributed by atoms with E-state index in [-0.39, 0.29) is 22.2 Å². The van der Waals surface area contributed by atoms with Gasteiger partial charge < -0.3 is 0 Å². The molecular weight excluding hydrogens is 415 g/mol. The number of thioether (sulfide) groups is 1. The number of aromatic nitrogens is 1. The highest BCUT2D eigenvalue weighted by Gasteiger charge is 2.47. The number of ketones is 1. The number of pyridine rings is 1. The van der Waals surface area contributed by atoms with Crippen LogP contribution in [0.3, 0.4) is 0 Å². The van der Waals surface area contributed by atoms with E-state index in [1.165, 1.54) is 24.3 Å². The van der Waals surface area contributed by atoms with Gasteiger partial charge in [-0.3, -0.25) is 19.3 Å². The molecule has 154 valence electrons. The number of Topliss-reactive ketones (excluding diaryl/α,β-unsaturated/α-hetero) is 1. The van der Waals surface area contributed by atoms with Gasteiger partial charge in [-0.1, -0.05) is 42.5 Å². The highest BCUT2D eigenvalue weighted by Crippen LogP contribution is 2.43. The molecule has 2 fully saturated rings. The average molecular weight is 432 g/mol. The summed E-state index contributed by atoms with van der Waals surface area (Å²) in [5.41, 5.74) is 1.34. The Kier molecular flexibility index (Phi) is 4.90. The predicted octanol–water partition coefficient (Wildman–Crippen LogP) is 5.13. The Balaban J connectivity index is 1.52. The molecule has 1 atom stereocenters. The second kappa shape index (κ2) is 7.74. The number of nitrogens with zero attached hydrogens (tertiary/aromatic N) is 2. The minimum Gasteiger partial charge on any atom is -0.297 e. The van der Waals surface area contributed by atoms with Crippen molar-refractivity contribution in [3.63, 3.8) is 0 Å². The summed E-state index contributed by atoms with van der Waals surface area (Å²) >= 11 is 0.744. The zero-order chi connectivity index (χ0) is 21.5. The van der Waals surface area contributed by atoms with Crippen LogP contribution in [0.25, 0.3) is 17.0 Å². The number of fused-ring (bicyclic) bond motifs is 1. The van der Waals surface area contributed by atoms with Gasteiger partial charge in [0.05, 0.1) is 16.1 Å². The second-order valence-electron chi connectivity index (χ2n) is 7.58. The van der Waals surface area contributed by atoms with E-state index in [0.717, 1.165) is 27.6 Å². The fourth-order valence-corrected chi connectivity index (χ4v) is 4.55. The Morgan fingerprint density at radius 3 is 2.58 bits per heavy atom. The Bertz CT molecular complexity index is 1270. The molecule has 1 unspecified atom stereocenters. The monoisotopic (exact) mass is 432 g/mol. The fraction of sp³-hybridized carbons (Fsp3) is 0.167. The number of halogens is 1. The third kappa shape index (κ3) is 3.65. The molecule has 5 rings (SSSR count). The minimum atomic E-state index is -1.25. The molecule has 0 bridgehead atoms. The first-order chi connectivity index (χ1) is 15.0. The molecule has 5 nitrogen and oxygen atoms in total. The molecule has 31 heavy (non-hydrogen) atoms. The van der Waals surface area contributed by atoms with Crippen molar-refractivity contribution in [2.45, 2.75) is 18.9 Å². The first-order valence-electron chi connectivity index (χ1n) is 9.94. The third-order valence-electron chi connectivity index (χ3n) is 5.43. The SMILES string of the molecule is O=C(C1CC1)C(c1ccccc1F)N1C(=O)S/C(=C\c2ccc3ccccc3n2)C1=O. The zero-order valence-corrected chi connectivity index (χ0v) is 17.1. The number of hydrogen-bond acceptors (Lipinski definition) is 5. The number of carbonyl (C=O) groups is 3. The quantitative estimate of drug-likeness (QED) is 0.523. The van der Waals surface area contributed by atoms with E-state index in [9.17, 15) is 18.8 Å². The number of para-hydroxylation sites is 1. The number of carbonyl (C=O) groups excluding carboxylic acids is 3. The van der Waals surface area contributed by atoms with Crippen molar-refractivity contribution in [1.82, 2.24) is 9.88 Å². The predicted molar refractivity (Wildman–Crippen MR) is 116 cm³/mol. The van der Waals surface area contributed by atoms with E-state index in [0.29, 0.717) is 18.5 Å². The topological polar surface area (TPSA) is 67.3 Å². The second-order valence-corrected chi connectivity index (χ2v) is 8.57. The lowest BCUT2D eigenvalue weighted by molar-refractivity contribution is -0.133. The van der Waals surface area contributed by atoms with E-state index < -0.39 is 23.0 Å². The number of rotatable bonds is 5. The highest BCUT2D eigenvalue weighted by molar-refractivity contribution is 8.18. The molecule has 3 aromatic rings. The van der Waals surface area contributed by atoms with Crippen molar-refractivity contribution in [2.75, 3.05) is 0 Å². The van der Waals surface area contributed by atoms with E-state index in [4.69, 9.17) is 0 Å². The lowest BCUT2D eigenvalue weighted by Gasteiger charge is -2.25. The largest absolute Gasteiger partial charge is 0.297 e. The molecule has 2 aromatic carbocycles. The van der Waals surface area contributed by atoms with Gasteiger partial charge in [0.1, 0.15) is 11.9 Å². The first kappa shape index (κ1) is 19.6. The first-order valence-corrected chi connectivity index (χ1v) is 10.8. The van der Waals surface area contributed by atoms with Crippen molar-refractivity contribution in [3.8, 4) is 0 Å². The molecule has 0 spiro atoms. The van der Waals surface area contributed by atoms with Crippen LogP contribution in [0.4, 0.5) is 9.18 Å². The minimum absolute atomic E-state index is 0.0479. The van der Waals surface area contributed by atoms with Crippen LogP contribution in [0.15, 0.2) is 65.6 Å². The Morgan fingerprint density at radius 1 is 1.06 bits per heavy atom. The molecule has 0 radical (unpaired) electrons. The van der Waals surface area contributed by atoms with Gasteiger partial charge in [0, 0.05) is 16.9 Å². The average Bonchev–Trinajstić information content (AvgIpc) is 3.58. The van der Waals surface area contributed by atoms with Crippen molar-refractivity contribution < 1.29 is 18.8 Å². The van der Waals surface area contributed by atoms with Crippen LogP contribution >= 0.6 is 11.8 Å². The van der Waals surface area contributed by atoms with E-state index >= 15 is 0 Å². The van der Waals surface area contributed by atoms with Gasteiger partial charge >= 0.3 is 0 Å². The van der Waals surface area contributed by atoms with E-state index in [1.807, 2.05) is 30.3 Å². The molecule has 1 aliphatic heterocycles. The number of imide groups is 1. The molecule has 1 saturated heterocycles. The van der Waals surface area contributed by atoms with Gasteiger partial charge in [-0.25, -0.2) is 9.37 Å². The van der Waals surface area contributed by atoms with Crippen LogP contribution in [0.5, 0.6) is 0 Å². The molecule has 1 saturated carbocycles. The highest BCUT2D eigenvalue weighted by atomic mass is 32.2. The van der Waals surface area contributed by atoms with Crippen LogP contribution in [-0.4, -0.2) is 26.8 Å². The van der Waals surface area contributed by atoms with Gasteiger partial charge in [0.15, 0.2) is 5.78 Å². The smallest absolute Gasteiger partial charge is 0.294 e. The summed E-state index contributed by atoms with van der Waals surface area (Å²) in [6.45, 7) is 0. The van der Waals surface area contributed by atoms with Gasteiger partial charge in [-0.15, -0.1) is 0 Å². The van der Waals surface area contributed by atoms with Crippen LogP contribution in [0.1, 0.15) is 30.1 Å². The van der Waals surface area contributed by atoms with Crippen molar-refractivity contribution in [1.29, 1.82) is 0 Å². The standard InChI is InChI=1S/C24H17FN2O3S/c25-18-7-3-2-6-17(18)21(22(28)15-9-10-15)27-23(29)20(31-24(27)30)13-16-12-11-14-5-1-4-8-19(14)26-16/h1-8,11-13,15,21H,9-10H2/b20-13-. The van der Waals surface area contributed by atoms with Crippen molar-refractivity contribution >= 4 is 45.7 Å². The molecule has 2 amide bonds. The Hall–Kier alpha value is -3.32. The molecule has 1 aromatic heterocycles.